The van der Waals surface area contributed by atoms with Crippen molar-refractivity contribution in [2.45, 2.75) is 25.7 Å². The SMILES string of the molecule is CCC1(C)c2cc(-c3cc(-c4ccccc4)nc(-c4ccccc4)n3)ccc2-c2ccc(-c3ccc4ccc5cccc6ccc3c4c56)cc21. The Hall–Kier alpha value is -6.12. The van der Waals surface area contributed by atoms with Crippen LogP contribution in [0.4, 0.5) is 0 Å². The number of hydrogen-bond acceptors (Lipinski definition) is 2. The van der Waals surface area contributed by atoms with Gasteiger partial charge in [0.05, 0.1) is 11.4 Å². The maximum atomic E-state index is 5.15. The Labute approximate surface area is 292 Å². The summed E-state index contributed by atoms with van der Waals surface area (Å²) in [7, 11) is 0. The minimum Gasteiger partial charge on any atom is -0.228 e. The number of aromatic nitrogens is 2. The molecule has 0 amide bonds. The zero-order chi connectivity index (χ0) is 33.4. The van der Waals surface area contributed by atoms with E-state index >= 15 is 0 Å². The summed E-state index contributed by atoms with van der Waals surface area (Å²) in [6.07, 6.45) is 0.993. The second-order valence-electron chi connectivity index (χ2n) is 13.9. The molecule has 9 aromatic rings. The normalized spacial score (nSPS) is 15.2. The van der Waals surface area contributed by atoms with Crippen LogP contribution in [0, 0.1) is 0 Å². The van der Waals surface area contributed by atoms with Gasteiger partial charge in [-0.2, -0.15) is 0 Å². The molecule has 0 spiro atoms. The lowest BCUT2D eigenvalue weighted by atomic mass is 9.76. The Morgan fingerprint density at radius 3 is 1.66 bits per heavy atom. The van der Waals surface area contributed by atoms with Crippen LogP contribution < -0.4 is 0 Å². The third-order valence-corrected chi connectivity index (χ3v) is 11.2. The van der Waals surface area contributed by atoms with Crippen molar-refractivity contribution in [3.63, 3.8) is 0 Å². The van der Waals surface area contributed by atoms with E-state index in [0.29, 0.717) is 0 Å². The second kappa shape index (κ2) is 10.9. The van der Waals surface area contributed by atoms with Crippen LogP contribution in [0.3, 0.4) is 0 Å². The van der Waals surface area contributed by atoms with Crippen molar-refractivity contribution in [3.8, 4) is 56.2 Å². The molecular formula is C48H34N2. The highest BCUT2D eigenvalue weighted by Crippen LogP contribution is 2.53. The van der Waals surface area contributed by atoms with E-state index in [2.05, 4.69) is 147 Å². The highest BCUT2D eigenvalue weighted by atomic mass is 14.9. The van der Waals surface area contributed by atoms with Gasteiger partial charge in [-0.25, -0.2) is 9.97 Å². The van der Waals surface area contributed by atoms with Crippen LogP contribution in [0.5, 0.6) is 0 Å². The molecule has 0 radical (unpaired) electrons. The molecule has 1 unspecified atom stereocenters. The first kappa shape index (κ1) is 28.9. The van der Waals surface area contributed by atoms with Crippen molar-refractivity contribution in [2.75, 3.05) is 0 Å². The van der Waals surface area contributed by atoms with Crippen molar-refractivity contribution in [1.29, 1.82) is 0 Å². The zero-order valence-corrected chi connectivity index (χ0v) is 28.1. The molecule has 50 heavy (non-hydrogen) atoms. The van der Waals surface area contributed by atoms with E-state index in [1.165, 1.54) is 65.7 Å². The van der Waals surface area contributed by atoms with E-state index in [9.17, 15) is 0 Å². The van der Waals surface area contributed by atoms with E-state index in [-0.39, 0.29) is 5.41 Å². The first-order chi connectivity index (χ1) is 24.6. The molecule has 0 fully saturated rings. The Balaban J connectivity index is 1.11. The van der Waals surface area contributed by atoms with Gasteiger partial charge in [-0.1, -0.05) is 153 Å². The highest BCUT2D eigenvalue weighted by Gasteiger charge is 2.38. The summed E-state index contributed by atoms with van der Waals surface area (Å²) in [5.41, 5.74) is 12.9. The lowest BCUT2D eigenvalue weighted by Gasteiger charge is -2.26. The molecule has 0 aliphatic heterocycles. The molecule has 236 valence electrons. The predicted octanol–water partition coefficient (Wildman–Crippen LogP) is 12.7. The maximum absolute atomic E-state index is 5.15. The molecule has 8 aromatic carbocycles. The Morgan fingerprint density at radius 2 is 0.980 bits per heavy atom. The third-order valence-electron chi connectivity index (χ3n) is 11.2. The first-order valence-corrected chi connectivity index (χ1v) is 17.6. The first-order valence-electron chi connectivity index (χ1n) is 17.6. The smallest absolute Gasteiger partial charge is 0.160 e. The Kier molecular flexibility index (Phi) is 6.32. The van der Waals surface area contributed by atoms with Crippen LogP contribution in [-0.4, -0.2) is 9.97 Å². The Morgan fingerprint density at radius 1 is 0.440 bits per heavy atom. The van der Waals surface area contributed by atoms with Gasteiger partial charge >= 0.3 is 0 Å². The lowest BCUT2D eigenvalue weighted by molar-refractivity contribution is 0.565. The molecule has 0 saturated heterocycles. The van der Waals surface area contributed by atoms with E-state index < -0.39 is 0 Å². The van der Waals surface area contributed by atoms with Crippen molar-refractivity contribution in [3.05, 3.63) is 169 Å². The van der Waals surface area contributed by atoms with Crippen molar-refractivity contribution in [1.82, 2.24) is 9.97 Å². The van der Waals surface area contributed by atoms with Gasteiger partial charge in [-0.05, 0) is 90.3 Å². The summed E-state index contributed by atoms with van der Waals surface area (Å²) in [6, 6.07) is 57.3. The fourth-order valence-electron chi connectivity index (χ4n) is 8.38. The van der Waals surface area contributed by atoms with Crippen LogP contribution >= 0.6 is 0 Å². The van der Waals surface area contributed by atoms with Crippen LogP contribution in [0.15, 0.2) is 158 Å². The van der Waals surface area contributed by atoms with Gasteiger partial charge < -0.3 is 0 Å². The summed E-state index contributed by atoms with van der Waals surface area (Å²) >= 11 is 0. The number of benzene rings is 8. The monoisotopic (exact) mass is 638 g/mol. The van der Waals surface area contributed by atoms with E-state index in [1.807, 2.05) is 24.3 Å². The summed E-state index contributed by atoms with van der Waals surface area (Å²) in [6.45, 7) is 4.74. The number of fused-ring (bicyclic) bond motifs is 3. The van der Waals surface area contributed by atoms with E-state index in [1.54, 1.807) is 0 Å². The maximum Gasteiger partial charge on any atom is 0.160 e. The minimum atomic E-state index is -0.141. The van der Waals surface area contributed by atoms with Crippen LogP contribution in [0.25, 0.3) is 88.5 Å². The molecular weight excluding hydrogens is 605 g/mol. The molecule has 1 aliphatic rings. The number of hydrogen-bond donors (Lipinski definition) is 0. The zero-order valence-electron chi connectivity index (χ0n) is 28.1. The molecule has 1 atom stereocenters. The predicted molar refractivity (Wildman–Crippen MR) is 210 cm³/mol. The molecule has 2 nitrogen and oxygen atoms in total. The number of rotatable bonds is 5. The molecule has 1 heterocycles. The summed E-state index contributed by atoms with van der Waals surface area (Å²) in [4.78, 5) is 10.2. The van der Waals surface area contributed by atoms with Crippen molar-refractivity contribution < 1.29 is 0 Å². The van der Waals surface area contributed by atoms with Crippen molar-refractivity contribution >= 4 is 32.3 Å². The average Bonchev–Trinajstić information content (AvgIpc) is 3.44. The van der Waals surface area contributed by atoms with Crippen molar-refractivity contribution in [2.24, 2.45) is 0 Å². The molecule has 1 aliphatic carbocycles. The van der Waals surface area contributed by atoms with Gasteiger partial charge in [0.1, 0.15) is 0 Å². The standard InChI is InChI=1S/C48H34N2/c1-3-48(2)41-27-35(37-23-19-33-18-17-31-15-10-16-32-20-26-40(37)46(33)45(31)32)21-24-38(41)39-25-22-36(28-42(39)48)44-29-43(30-11-6-4-7-12-30)49-47(50-44)34-13-8-5-9-14-34/h4-29H,3H2,1-2H3. The Bertz CT molecular complexity index is 2670. The largest absolute Gasteiger partial charge is 0.228 e. The summed E-state index contributed by atoms with van der Waals surface area (Å²) in [5, 5.41) is 7.93. The van der Waals surface area contributed by atoms with Crippen LogP contribution in [0.2, 0.25) is 0 Å². The number of nitrogens with zero attached hydrogens (tertiary/aromatic N) is 2. The fourth-order valence-corrected chi connectivity index (χ4v) is 8.38. The van der Waals surface area contributed by atoms with Gasteiger partial charge in [0, 0.05) is 22.1 Å². The van der Waals surface area contributed by atoms with Crippen LogP contribution in [0.1, 0.15) is 31.4 Å². The minimum absolute atomic E-state index is 0.141. The highest BCUT2D eigenvalue weighted by molar-refractivity contribution is 6.25. The quantitative estimate of drug-likeness (QED) is 0.175. The third kappa shape index (κ3) is 4.28. The van der Waals surface area contributed by atoms with Gasteiger partial charge in [0.25, 0.3) is 0 Å². The average molecular weight is 639 g/mol. The lowest BCUT2D eigenvalue weighted by Crippen LogP contribution is -2.19. The topological polar surface area (TPSA) is 25.8 Å². The summed E-state index contributed by atoms with van der Waals surface area (Å²) in [5.74, 6) is 0.738. The fraction of sp³-hybridized carbons (Fsp3) is 0.0833. The van der Waals surface area contributed by atoms with Gasteiger partial charge in [-0.3, -0.25) is 0 Å². The van der Waals surface area contributed by atoms with E-state index in [0.717, 1.165) is 40.3 Å². The van der Waals surface area contributed by atoms with E-state index in [4.69, 9.17) is 9.97 Å². The van der Waals surface area contributed by atoms with Gasteiger partial charge in [0.15, 0.2) is 5.82 Å². The molecule has 1 aromatic heterocycles. The second-order valence-corrected chi connectivity index (χ2v) is 13.9. The van der Waals surface area contributed by atoms with Crippen LogP contribution in [-0.2, 0) is 5.41 Å². The van der Waals surface area contributed by atoms with Gasteiger partial charge in [0.2, 0.25) is 0 Å². The molecule has 2 heteroatoms. The van der Waals surface area contributed by atoms with Gasteiger partial charge in [-0.15, -0.1) is 0 Å². The molecule has 10 rings (SSSR count). The molecule has 0 saturated carbocycles. The molecule has 0 bridgehead atoms. The molecule has 0 N–H and O–H groups in total. The summed E-state index contributed by atoms with van der Waals surface area (Å²) < 4.78 is 0.